The van der Waals surface area contributed by atoms with Crippen LogP contribution in [0.5, 0.6) is 0 Å². The number of aryl methyl sites for hydroxylation is 5. The molecule has 6 nitrogen and oxygen atoms in total. The fourth-order valence-electron chi connectivity index (χ4n) is 4.36. The average Bonchev–Trinajstić information content (AvgIpc) is 2.96. The Hall–Kier alpha value is -2.89. The lowest BCUT2D eigenvalue weighted by Crippen LogP contribution is -2.22. The second-order valence-corrected chi connectivity index (χ2v) is 8.22. The maximum absolute atomic E-state index is 11.6. The highest BCUT2D eigenvalue weighted by Crippen LogP contribution is 2.36. The smallest absolute Gasteiger partial charge is 0.308 e. The Bertz CT molecular complexity index is 1090. The summed E-state index contributed by atoms with van der Waals surface area (Å²) >= 11 is 0. The third-order valence-electron chi connectivity index (χ3n) is 5.83. The van der Waals surface area contributed by atoms with Gasteiger partial charge in [0.15, 0.2) is 5.65 Å². The number of nitrogens with zero attached hydrogens (tertiary/aromatic N) is 3. The van der Waals surface area contributed by atoms with Gasteiger partial charge in [0.2, 0.25) is 0 Å². The fraction of sp³-hybridized carbons (Fsp3) is 0.458. The quantitative estimate of drug-likeness (QED) is 0.564. The molecule has 2 N–H and O–H groups in total. The molecule has 0 unspecified atom stereocenters. The molecule has 0 saturated carbocycles. The molecule has 3 aromatic rings. The summed E-state index contributed by atoms with van der Waals surface area (Å²) in [6.07, 6.45) is 1.79. The maximum atomic E-state index is 11.6. The van der Waals surface area contributed by atoms with Crippen LogP contribution in [0.1, 0.15) is 60.3 Å². The number of aliphatic carboxylic acids is 1. The Kier molecular flexibility index (Phi) is 6.15. The van der Waals surface area contributed by atoms with Gasteiger partial charge in [0.25, 0.3) is 0 Å². The Morgan fingerprint density at radius 1 is 1.03 bits per heavy atom. The van der Waals surface area contributed by atoms with Crippen LogP contribution in [0.3, 0.4) is 0 Å². The lowest BCUT2D eigenvalue weighted by Gasteiger charge is -2.21. The minimum Gasteiger partial charge on any atom is -0.481 e. The van der Waals surface area contributed by atoms with Crippen LogP contribution in [0.25, 0.3) is 16.8 Å². The summed E-state index contributed by atoms with van der Waals surface area (Å²) < 4.78 is 1.81. The van der Waals surface area contributed by atoms with Crippen molar-refractivity contribution in [2.24, 2.45) is 0 Å². The summed E-state index contributed by atoms with van der Waals surface area (Å²) in [5.41, 5.74) is 8.84. The van der Waals surface area contributed by atoms with Crippen LogP contribution in [0.2, 0.25) is 0 Å². The zero-order chi connectivity index (χ0) is 22.2. The lowest BCUT2D eigenvalue weighted by molar-refractivity contribution is -0.136. The van der Waals surface area contributed by atoms with Crippen LogP contribution in [-0.2, 0) is 11.2 Å². The molecule has 3 rings (SSSR count). The first-order valence-corrected chi connectivity index (χ1v) is 10.6. The van der Waals surface area contributed by atoms with Gasteiger partial charge in [-0.2, -0.15) is 9.61 Å². The molecule has 0 saturated heterocycles. The predicted octanol–water partition coefficient (Wildman–Crippen LogP) is 5.17. The van der Waals surface area contributed by atoms with Crippen molar-refractivity contribution in [2.75, 3.05) is 5.32 Å². The van der Waals surface area contributed by atoms with Crippen molar-refractivity contribution in [3.63, 3.8) is 0 Å². The summed E-state index contributed by atoms with van der Waals surface area (Å²) in [5.74, 6) is -0.133. The number of carboxylic acids is 1. The number of anilines is 1. The number of carbonyl (C=O) groups is 1. The third kappa shape index (κ3) is 3.91. The first-order valence-electron chi connectivity index (χ1n) is 10.6. The Balaban J connectivity index is 2.36. The van der Waals surface area contributed by atoms with Crippen molar-refractivity contribution in [1.29, 1.82) is 0 Å². The lowest BCUT2D eigenvalue weighted by atomic mass is 9.94. The molecule has 2 aromatic heterocycles. The highest BCUT2D eigenvalue weighted by molar-refractivity contribution is 5.85. The Labute approximate surface area is 178 Å². The maximum Gasteiger partial charge on any atom is 0.308 e. The molecule has 0 amide bonds. The van der Waals surface area contributed by atoms with E-state index in [9.17, 15) is 9.90 Å². The molecular weight excluding hydrogens is 376 g/mol. The van der Waals surface area contributed by atoms with E-state index in [-0.39, 0.29) is 12.5 Å². The number of rotatable bonds is 7. The van der Waals surface area contributed by atoms with Crippen LogP contribution < -0.4 is 5.32 Å². The summed E-state index contributed by atoms with van der Waals surface area (Å²) in [6, 6.07) is 4.60. The van der Waals surface area contributed by atoms with Crippen molar-refractivity contribution >= 4 is 17.4 Å². The number of hydrogen-bond acceptors (Lipinski definition) is 4. The molecule has 0 aliphatic heterocycles. The van der Waals surface area contributed by atoms with Gasteiger partial charge in [0.05, 0.1) is 17.7 Å². The van der Waals surface area contributed by atoms with E-state index in [0.29, 0.717) is 5.56 Å². The van der Waals surface area contributed by atoms with Gasteiger partial charge >= 0.3 is 5.97 Å². The van der Waals surface area contributed by atoms with E-state index in [1.807, 2.05) is 18.4 Å². The molecule has 0 fully saturated rings. The minimum atomic E-state index is -0.874. The Morgan fingerprint density at radius 2 is 1.63 bits per heavy atom. The van der Waals surface area contributed by atoms with Gasteiger partial charge in [-0.05, 0) is 64.2 Å². The van der Waals surface area contributed by atoms with E-state index < -0.39 is 5.97 Å². The van der Waals surface area contributed by atoms with Gasteiger partial charge in [0.1, 0.15) is 5.82 Å². The predicted molar refractivity (Wildman–Crippen MR) is 121 cm³/mol. The van der Waals surface area contributed by atoms with E-state index in [2.05, 4.69) is 52.1 Å². The van der Waals surface area contributed by atoms with Crippen molar-refractivity contribution in [3.05, 3.63) is 45.8 Å². The number of benzene rings is 1. The number of carboxylic acid groups (broad SMARTS) is 1. The molecular formula is C24H32N4O2. The van der Waals surface area contributed by atoms with Crippen LogP contribution in [0.4, 0.5) is 5.82 Å². The van der Waals surface area contributed by atoms with Crippen LogP contribution in [0, 0.1) is 34.6 Å². The van der Waals surface area contributed by atoms with Crippen LogP contribution in [0.15, 0.2) is 12.1 Å². The molecule has 1 aromatic carbocycles. The van der Waals surface area contributed by atoms with Crippen molar-refractivity contribution in [2.45, 2.75) is 73.8 Å². The Morgan fingerprint density at radius 3 is 2.17 bits per heavy atom. The van der Waals surface area contributed by atoms with E-state index in [1.165, 1.54) is 16.7 Å². The molecule has 30 heavy (non-hydrogen) atoms. The van der Waals surface area contributed by atoms with E-state index in [1.54, 1.807) is 0 Å². The number of fused-ring (bicyclic) bond motifs is 1. The van der Waals surface area contributed by atoms with Crippen molar-refractivity contribution < 1.29 is 9.90 Å². The second-order valence-electron chi connectivity index (χ2n) is 8.22. The van der Waals surface area contributed by atoms with E-state index in [0.717, 1.165) is 46.8 Å². The molecule has 0 aliphatic rings. The zero-order valence-corrected chi connectivity index (χ0v) is 19.1. The van der Waals surface area contributed by atoms with Gasteiger partial charge in [-0.3, -0.25) is 4.79 Å². The van der Waals surface area contributed by atoms with E-state index >= 15 is 0 Å². The van der Waals surface area contributed by atoms with Crippen molar-refractivity contribution in [1.82, 2.24) is 14.6 Å². The van der Waals surface area contributed by atoms with Crippen molar-refractivity contribution in [3.8, 4) is 11.1 Å². The van der Waals surface area contributed by atoms with Crippen LogP contribution in [-0.4, -0.2) is 31.7 Å². The monoisotopic (exact) mass is 408 g/mol. The second kappa shape index (κ2) is 8.46. The minimum absolute atomic E-state index is 0.0892. The summed E-state index contributed by atoms with van der Waals surface area (Å²) in [5, 5.41) is 17.9. The molecule has 160 valence electrons. The molecule has 0 radical (unpaired) electrons. The van der Waals surface area contributed by atoms with Gasteiger partial charge < -0.3 is 10.4 Å². The first-order chi connectivity index (χ1) is 14.2. The van der Waals surface area contributed by atoms with Gasteiger partial charge in [-0.15, -0.1) is 0 Å². The topological polar surface area (TPSA) is 79.5 Å². The largest absolute Gasteiger partial charge is 0.481 e. The molecule has 0 atom stereocenters. The van der Waals surface area contributed by atoms with Gasteiger partial charge in [-0.25, -0.2) is 4.98 Å². The SMILES string of the molecule is CCC(CC)Nc1c(CC(=O)O)c(C)nc2c(-c3c(C)cc(C)cc3C)c(C)nn12. The first kappa shape index (κ1) is 21.8. The van der Waals surface area contributed by atoms with Gasteiger partial charge in [-0.1, -0.05) is 31.5 Å². The molecule has 6 heteroatoms. The summed E-state index contributed by atoms with van der Waals surface area (Å²) in [7, 11) is 0. The summed E-state index contributed by atoms with van der Waals surface area (Å²) in [4.78, 5) is 16.4. The number of nitrogens with one attached hydrogen (secondary N) is 1. The van der Waals surface area contributed by atoms with Crippen LogP contribution >= 0.6 is 0 Å². The van der Waals surface area contributed by atoms with Gasteiger partial charge in [0, 0.05) is 17.3 Å². The molecule has 0 aliphatic carbocycles. The average molecular weight is 409 g/mol. The fourth-order valence-corrected chi connectivity index (χ4v) is 4.36. The molecule has 2 heterocycles. The third-order valence-corrected chi connectivity index (χ3v) is 5.83. The normalized spacial score (nSPS) is 11.5. The summed E-state index contributed by atoms with van der Waals surface area (Å²) in [6.45, 7) is 14.5. The highest BCUT2D eigenvalue weighted by Gasteiger charge is 2.24. The standard InChI is InChI=1S/C24H32N4O2/c1-8-18(9-2)26-23-19(12-20(29)30)16(6)25-24-22(17(7)27-28(23)24)21-14(4)10-13(3)11-15(21)5/h10-11,18,26H,8-9,12H2,1-7H3,(H,29,30). The number of aromatic nitrogens is 3. The number of hydrogen-bond donors (Lipinski definition) is 2. The zero-order valence-electron chi connectivity index (χ0n) is 19.1. The molecule has 0 spiro atoms. The van der Waals surface area contributed by atoms with E-state index in [4.69, 9.17) is 10.1 Å². The highest BCUT2D eigenvalue weighted by atomic mass is 16.4. The molecule has 0 bridgehead atoms.